The van der Waals surface area contributed by atoms with Crippen LogP contribution in [0.25, 0.3) is 5.69 Å². The minimum Gasteiger partial charge on any atom is -0.397 e. The Labute approximate surface area is 93.0 Å². The third kappa shape index (κ3) is 1.58. The molecule has 14 heavy (non-hydrogen) atoms. The van der Waals surface area contributed by atoms with Crippen molar-refractivity contribution >= 4 is 33.2 Å². The van der Waals surface area contributed by atoms with Crippen LogP contribution in [0.3, 0.4) is 0 Å². The number of benzene rings is 1. The summed E-state index contributed by atoms with van der Waals surface area (Å²) in [6.45, 7) is 0. The Bertz CT molecular complexity index is 455. The van der Waals surface area contributed by atoms with Gasteiger partial charge in [0.05, 0.1) is 16.4 Å². The first kappa shape index (κ1) is 9.42. The Morgan fingerprint density at radius 2 is 2.21 bits per heavy atom. The summed E-state index contributed by atoms with van der Waals surface area (Å²) in [7, 11) is 0. The summed E-state index contributed by atoms with van der Waals surface area (Å²) >= 11 is 9.19. The van der Waals surface area contributed by atoms with Crippen LogP contribution in [0.2, 0.25) is 5.02 Å². The van der Waals surface area contributed by atoms with Crippen LogP contribution in [0.1, 0.15) is 0 Å². The fraction of sp³-hybridized carbons (Fsp3) is 0. The second-order valence-electron chi connectivity index (χ2n) is 2.58. The maximum absolute atomic E-state index is 5.92. The van der Waals surface area contributed by atoms with E-state index in [4.69, 9.17) is 17.3 Å². The molecule has 1 aromatic heterocycles. The highest BCUT2D eigenvalue weighted by atomic mass is 79.9. The van der Waals surface area contributed by atoms with Crippen LogP contribution in [-0.4, -0.2) is 20.2 Å². The molecule has 72 valence electrons. The second kappa shape index (κ2) is 3.55. The third-order valence-electron chi connectivity index (χ3n) is 1.67. The number of nitrogens with two attached hydrogens (primary N) is 1. The molecule has 2 N–H and O–H groups in total. The van der Waals surface area contributed by atoms with E-state index in [1.165, 1.54) is 11.0 Å². The predicted octanol–water partition coefficient (Wildman–Crippen LogP) is 1.66. The number of tetrazole rings is 1. The highest BCUT2D eigenvalue weighted by Gasteiger charge is 2.07. The number of hydrogen-bond donors (Lipinski definition) is 1. The first-order valence-corrected chi connectivity index (χ1v) is 4.83. The van der Waals surface area contributed by atoms with Crippen molar-refractivity contribution in [1.82, 2.24) is 20.2 Å². The lowest BCUT2D eigenvalue weighted by Crippen LogP contribution is -2.00. The molecule has 0 radical (unpaired) electrons. The minimum atomic E-state index is 0.550. The van der Waals surface area contributed by atoms with Crippen molar-refractivity contribution in [3.8, 4) is 5.69 Å². The van der Waals surface area contributed by atoms with E-state index < -0.39 is 0 Å². The summed E-state index contributed by atoms with van der Waals surface area (Å²) in [5, 5.41) is 11.3. The molecule has 0 spiro atoms. The first-order valence-electron chi connectivity index (χ1n) is 3.66. The Morgan fingerprint density at radius 3 is 2.86 bits per heavy atom. The number of nitrogens with zero attached hydrogens (tertiary/aromatic N) is 4. The largest absolute Gasteiger partial charge is 0.397 e. The number of nitrogen functional groups attached to an aromatic ring is 1. The zero-order valence-corrected chi connectivity index (χ0v) is 9.20. The molecule has 5 nitrogen and oxygen atoms in total. The number of aromatic nitrogens is 4. The standard InChI is InChI=1S/C7H5BrClN5/c8-4-1-6(10)7(2-5(4)9)14-3-11-12-13-14/h1-3H,10H2. The zero-order valence-electron chi connectivity index (χ0n) is 6.85. The maximum Gasteiger partial charge on any atom is 0.143 e. The Balaban J connectivity index is 2.60. The van der Waals surface area contributed by atoms with Crippen LogP contribution in [0, 0.1) is 0 Å². The van der Waals surface area contributed by atoms with Crippen LogP contribution in [-0.2, 0) is 0 Å². The quantitative estimate of drug-likeness (QED) is 0.803. The topological polar surface area (TPSA) is 69.6 Å². The van der Waals surface area contributed by atoms with Gasteiger partial charge in [-0.3, -0.25) is 0 Å². The van der Waals surface area contributed by atoms with E-state index in [1.54, 1.807) is 12.1 Å². The van der Waals surface area contributed by atoms with E-state index in [9.17, 15) is 0 Å². The molecule has 0 bridgehead atoms. The molecule has 0 saturated heterocycles. The van der Waals surface area contributed by atoms with Crippen LogP contribution < -0.4 is 5.73 Å². The smallest absolute Gasteiger partial charge is 0.143 e. The summed E-state index contributed by atoms with van der Waals surface area (Å²) in [4.78, 5) is 0. The maximum atomic E-state index is 5.92. The number of anilines is 1. The van der Waals surface area contributed by atoms with Gasteiger partial charge in [-0.2, -0.15) is 4.68 Å². The van der Waals surface area contributed by atoms with E-state index in [-0.39, 0.29) is 0 Å². The molecular weight excluding hydrogens is 269 g/mol. The van der Waals surface area contributed by atoms with Crippen molar-refractivity contribution in [1.29, 1.82) is 0 Å². The average Bonchev–Trinajstić information content (AvgIpc) is 2.64. The molecule has 2 rings (SSSR count). The van der Waals surface area contributed by atoms with E-state index in [2.05, 4.69) is 31.5 Å². The molecule has 2 aromatic rings. The van der Waals surface area contributed by atoms with E-state index in [0.717, 1.165) is 4.47 Å². The van der Waals surface area contributed by atoms with Gasteiger partial charge < -0.3 is 5.73 Å². The van der Waals surface area contributed by atoms with Crippen molar-refractivity contribution in [2.24, 2.45) is 0 Å². The van der Waals surface area contributed by atoms with Gasteiger partial charge in [-0.05, 0) is 38.5 Å². The number of hydrogen-bond acceptors (Lipinski definition) is 4. The van der Waals surface area contributed by atoms with Gasteiger partial charge in [0.2, 0.25) is 0 Å². The monoisotopic (exact) mass is 273 g/mol. The van der Waals surface area contributed by atoms with Crippen LogP contribution in [0.5, 0.6) is 0 Å². The van der Waals surface area contributed by atoms with Crippen molar-refractivity contribution in [2.75, 3.05) is 5.73 Å². The van der Waals surface area contributed by atoms with E-state index >= 15 is 0 Å². The van der Waals surface area contributed by atoms with E-state index in [0.29, 0.717) is 16.4 Å². The minimum absolute atomic E-state index is 0.550. The molecule has 1 heterocycles. The summed E-state index contributed by atoms with van der Waals surface area (Å²) in [5.74, 6) is 0. The van der Waals surface area contributed by atoms with Crippen molar-refractivity contribution < 1.29 is 0 Å². The fourth-order valence-electron chi connectivity index (χ4n) is 1.02. The van der Waals surface area contributed by atoms with Gasteiger partial charge in [0.25, 0.3) is 0 Å². The molecule has 0 aliphatic rings. The molecule has 0 aliphatic carbocycles. The van der Waals surface area contributed by atoms with Crippen molar-refractivity contribution in [3.05, 3.63) is 28.0 Å². The summed E-state index contributed by atoms with van der Waals surface area (Å²) in [6, 6.07) is 3.40. The SMILES string of the molecule is Nc1cc(Br)c(Cl)cc1-n1cnnn1. The molecule has 0 aliphatic heterocycles. The van der Waals surface area contributed by atoms with Crippen LogP contribution in [0.15, 0.2) is 22.9 Å². The molecule has 7 heteroatoms. The molecule has 0 unspecified atom stereocenters. The van der Waals surface area contributed by atoms with Gasteiger partial charge in [0.15, 0.2) is 0 Å². The Kier molecular flexibility index (Phi) is 2.39. The highest BCUT2D eigenvalue weighted by Crippen LogP contribution is 2.29. The van der Waals surface area contributed by atoms with Crippen molar-refractivity contribution in [2.45, 2.75) is 0 Å². The van der Waals surface area contributed by atoms with Crippen molar-refractivity contribution in [3.63, 3.8) is 0 Å². The lowest BCUT2D eigenvalue weighted by molar-refractivity contribution is 0.790. The highest BCUT2D eigenvalue weighted by molar-refractivity contribution is 9.10. The Morgan fingerprint density at radius 1 is 1.43 bits per heavy atom. The molecule has 0 fully saturated rings. The van der Waals surface area contributed by atoms with Crippen LogP contribution in [0.4, 0.5) is 5.69 Å². The molecule has 0 amide bonds. The summed E-state index contributed by atoms with van der Waals surface area (Å²) in [6.07, 6.45) is 1.45. The van der Waals surface area contributed by atoms with Gasteiger partial charge in [-0.1, -0.05) is 11.6 Å². The fourth-order valence-corrected chi connectivity index (χ4v) is 1.54. The lowest BCUT2D eigenvalue weighted by Gasteiger charge is -2.05. The van der Waals surface area contributed by atoms with E-state index in [1.807, 2.05) is 0 Å². The first-order chi connectivity index (χ1) is 6.68. The Hall–Kier alpha value is -1.14. The van der Waals surface area contributed by atoms with Gasteiger partial charge in [0.1, 0.15) is 6.33 Å². The van der Waals surface area contributed by atoms with Gasteiger partial charge in [-0.15, -0.1) is 5.10 Å². The summed E-state index contributed by atoms with van der Waals surface area (Å²) in [5.41, 5.74) is 6.98. The normalized spacial score (nSPS) is 10.4. The van der Waals surface area contributed by atoms with Crippen LogP contribution >= 0.6 is 27.5 Å². The average molecular weight is 275 g/mol. The molecule has 0 saturated carbocycles. The third-order valence-corrected chi connectivity index (χ3v) is 2.86. The molecule has 0 atom stereocenters. The van der Waals surface area contributed by atoms with Gasteiger partial charge in [-0.25, -0.2) is 0 Å². The predicted molar refractivity (Wildman–Crippen MR) is 56.3 cm³/mol. The second-order valence-corrected chi connectivity index (χ2v) is 3.84. The van der Waals surface area contributed by atoms with Gasteiger partial charge >= 0.3 is 0 Å². The zero-order chi connectivity index (χ0) is 10.1. The molecule has 1 aromatic carbocycles. The summed E-state index contributed by atoms with van der Waals surface area (Å²) < 4.78 is 2.20. The number of halogens is 2. The molecular formula is C7H5BrClN5. The lowest BCUT2D eigenvalue weighted by atomic mass is 10.3. The van der Waals surface area contributed by atoms with Gasteiger partial charge in [0, 0.05) is 4.47 Å². The number of rotatable bonds is 1.